The van der Waals surface area contributed by atoms with Crippen LogP contribution in [0.1, 0.15) is 239 Å². The molecule has 0 aliphatic carbocycles. The van der Waals surface area contributed by atoms with Gasteiger partial charge in [-0.2, -0.15) is 8.42 Å². The number of rotatable bonds is 45. The van der Waals surface area contributed by atoms with Crippen molar-refractivity contribution in [3.05, 3.63) is 12.2 Å². The maximum Gasteiger partial charge on any atom is 0.397 e. The van der Waals surface area contributed by atoms with E-state index < -0.39 is 78.5 Å². The molecule has 8 atom stereocenters. The lowest BCUT2D eigenvalue weighted by Crippen LogP contribution is -2.61. The second-order valence-electron chi connectivity index (χ2n) is 18.6. The predicted octanol–water partition coefficient (Wildman–Crippen LogP) is 10.1. The highest BCUT2D eigenvalue weighted by Crippen LogP contribution is 2.26. The van der Waals surface area contributed by atoms with E-state index in [-0.39, 0.29) is 6.42 Å². The van der Waals surface area contributed by atoms with Crippen molar-refractivity contribution in [3.8, 4) is 0 Å². The fourth-order valence-electron chi connectivity index (χ4n) is 8.52. The van der Waals surface area contributed by atoms with Crippen molar-refractivity contribution in [2.75, 3.05) is 13.2 Å². The number of unbranched alkanes of at least 4 members (excludes halogenated alkanes) is 32. The van der Waals surface area contributed by atoms with Crippen LogP contribution in [-0.2, 0) is 28.9 Å². The number of aliphatic hydroxyl groups excluding tert-OH is 5. The van der Waals surface area contributed by atoms with Crippen LogP contribution in [0.15, 0.2) is 12.2 Å². The fraction of sp³-hybridized carbons (Fsp3) is 0.940. The van der Waals surface area contributed by atoms with Crippen molar-refractivity contribution >= 4 is 16.3 Å². The van der Waals surface area contributed by atoms with Crippen LogP contribution in [0.3, 0.4) is 0 Å². The van der Waals surface area contributed by atoms with Gasteiger partial charge < -0.3 is 40.3 Å². The molecule has 1 aliphatic heterocycles. The van der Waals surface area contributed by atoms with E-state index in [9.17, 15) is 43.3 Å². The number of carbonyl (C=O) groups excluding carboxylic acids is 1. The van der Waals surface area contributed by atoms with Gasteiger partial charge in [-0.3, -0.25) is 9.35 Å². The molecule has 1 fully saturated rings. The summed E-state index contributed by atoms with van der Waals surface area (Å²) < 4.78 is 47.6. The lowest BCUT2D eigenvalue weighted by Gasteiger charge is -2.41. The van der Waals surface area contributed by atoms with Gasteiger partial charge in [-0.05, 0) is 19.3 Å². The first-order valence-electron chi connectivity index (χ1n) is 26.2. The maximum atomic E-state index is 13.1. The first-order valence-corrected chi connectivity index (χ1v) is 27.5. The molecule has 0 bridgehead atoms. The quantitative estimate of drug-likeness (QED) is 0.0173. The maximum absolute atomic E-state index is 13.1. The third-order valence-electron chi connectivity index (χ3n) is 12.7. The van der Waals surface area contributed by atoms with Crippen LogP contribution in [0, 0.1) is 0 Å². The first-order chi connectivity index (χ1) is 30.9. The average Bonchev–Trinajstić information content (AvgIpc) is 3.27. The van der Waals surface area contributed by atoms with E-state index >= 15 is 0 Å². The molecule has 1 rings (SSSR count). The Morgan fingerprint density at radius 1 is 0.625 bits per heavy atom. The van der Waals surface area contributed by atoms with Crippen molar-refractivity contribution in [3.63, 3.8) is 0 Å². The number of carbonyl (C=O) groups is 1. The van der Waals surface area contributed by atoms with Crippen LogP contribution in [0.5, 0.6) is 0 Å². The molecule has 1 saturated heterocycles. The zero-order valence-electron chi connectivity index (χ0n) is 40.5. The summed E-state index contributed by atoms with van der Waals surface area (Å²) in [5.74, 6) is -0.698. The SMILES string of the molecule is CCCCCCCCCCCCCCCCCCCC/C=C/C(O)C(COC1OC(CO)C(O)C(OS(=O)(=O)O)C1O)NC(=O)C(O)CCCCCCCCCCCCCCCCC. The molecule has 0 saturated carbocycles. The third-order valence-corrected chi connectivity index (χ3v) is 13.1. The molecule has 1 amide bonds. The van der Waals surface area contributed by atoms with E-state index in [4.69, 9.17) is 9.47 Å². The van der Waals surface area contributed by atoms with Crippen LogP contribution in [-0.4, -0.2) is 107 Å². The predicted molar refractivity (Wildman–Crippen MR) is 256 cm³/mol. The third kappa shape index (κ3) is 32.5. The number of amides is 1. The second kappa shape index (κ2) is 40.8. The summed E-state index contributed by atoms with van der Waals surface area (Å²) >= 11 is 0. The van der Waals surface area contributed by atoms with Crippen LogP contribution in [0.2, 0.25) is 0 Å². The van der Waals surface area contributed by atoms with Crippen molar-refractivity contribution in [2.45, 2.75) is 288 Å². The van der Waals surface area contributed by atoms with Gasteiger partial charge in [-0.25, -0.2) is 4.18 Å². The Hall–Kier alpha value is -1.20. The number of nitrogens with one attached hydrogen (secondary N) is 1. The average molecular weight is 936 g/mol. The summed E-state index contributed by atoms with van der Waals surface area (Å²) in [4.78, 5) is 13.1. The highest BCUT2D eigenvalue weighted by atomic mass is 32.3. The topological polar surface area (TPSA) is 212 Å². The molecule has 64 heavy (non-hydrogen) atoms. The highest BCUT2D eigenvalue weighted by molar-refractivity contribution is 7.80. The molecule has 0 spiro atoms. The minimum absolute atomic E-state index is 0.248. The lowest BCUT2D eigenvalue weighted by molar-refractivity contribution is -0.298. The first kappa shape index (κ1) is 60.8. The molecule has 13 nitrogen and oxygen atoms in total. The molecule has 380 valence electrons. The van der Waals surface area contributed by atoms with Crippen molar-refractivity contribution < 1.29 is 57.0 Å². The number of hydrogen-bond donors (Lipinski definition) is 7. The van der Waals surface area contributed by atoms with Crippen LogP contribution in [0.25, 0.3) is 0 Å². The minimum Gasteiger partial charge on any atom is -0.394 e. The van der Waals surface area contributed by atoms with Gasteiger partial charge in [0.2, 0.25) is 5.91 Å². The lowest BCUT2D eigenvalue weighted by atomic mass is 9.99. The van der Waals surface area contributed by atoms with Gasteiger partial charge in [0, 0.05) is 0 Å². The van der Waals surface area contributed by atoms with Gasteiger partial charge in [0.25, 0.3) is 0 Å². The molecule has 8 unspecified atom stereocenters. The summed E-state index contributed by atoms with van der Waals surface area (Å²) in [7, 11) is -5.12. The molecule has 1 heterocycles. The zero-order valence-corrected chi connectivity index (χ0v) is 41.3. The van der Waals surface area contributed by atoms with E-state index in [1.165, 1.54) is 167 Å². The number of hydrogen-bond acceptors (Lipinski definition) is 11. The van der Waals surface area contributed by atoms with E-state index in [1.54, 1.807) is 6.08 Å². The summed E-state index contributed by atoms with van der Waals surface area (Å²) in [6.45, 7) is 3.25. The van der Waals surface area contributed by atoms with Crippen LogP contribution in [0.4, 0.5) is 0 Å². The van der Waals surface area contributed by atoms with Crippen molar-refractivity contribution in [1.29, 1.82) is 0 Å². The zero-order chi connectivity index (χ0) is 47.1. The normalized spacial score (nSPS) is 20.8. The molecule has 0 aromatic carbocycles. The van der Waals surface area contributed by atoms with Crippen LogP contribution >= 0.6 is 0 Å². The number of ether oxygens (including phenoxy) is 2. The molecular weight excluding hydrogens is 839 g/mol. The Bertz CT molecular complexity index is 1210. The minimum atomic E-state index is -5.12. The number of allylic oxidation sites excluding steroid dienone is 1. The summed E-state index contributed by atoms with van der Waals surface area (Å²) in [5.41, 5.74) is 0. The Morgan fingerprint density at radius 3 is 1.41 bits per heavy atom. The summed E-state index contributed by atoms with van der Waals surface area (Å²) in [5, 5.41) is 55.4. The Morgan fingerprint density at radius 2 is 1.02 bits per heavy atom. The molecule has 1 aliphatic rings. The molecule has 7 N–H and O–H groups in total. The highest BCUT2D eigenvalue weighted by Gasteiger charge is 2.48. The van der Waals surface area contributed by atoms with Gasteiger partial charge in [0.05, 0.1) is 25.4 Å². The van der Waals surface area contributed by atoms with E-state index in [1.807, 2.05) is 6.08 Å². The summed E-state index contributed by atoms with van der Waals surface area (Å²) in [6.07, 6.45) is 34.3. The van der Waals surface area contributed by atoms with Crippen molar-refractivity contribution in [1.82, 2.24) is 5.32 Å². The van der Waals surface area contributed by atoms with E-state index in [0.29, 0.717) is 12.8 Å². The Balaban J connectivity index is 2.50. The standard InChI is InChI=1S/C50H97NO12S/c1-3-5-7-9-11-13-15-17-19-20-21-22-23-25-26-28-30-32-34-36-38-43(53)42(41-61-50-47(56)48(63-64(58,59)60)46(55)45(40-52)62-50)51-49(57)44(54)39-37-35-33-31-29-27-24-18-16-14-12-10-8-6-4-2/h36,38,42-48,50,52-56H,3-35,37,39-41H2,1-2H3,(H,51,57)(H,58,59,60)/b38-36+. The monoisotopic (exact) mass is 936 g/mol. The summed E-state index contributed by atoms with van der Waals surface area (Å²) in [6, 6.07) is -1.11. The van der Waals surface area contributed by atoms with Gasteiger partial charge in [0.15, 0.2) is 6.29 Å². The Kier molecular flexibility index (Phi) is 38.8. The van der Waals surface area contributed by atoms with Crippen molar-refractivity contribution in [2.24, 2.45) is 0 Å². The molecule has 14 heteroatoms. The van der Waals surface area contributed by atoms with Gasteiger partial charge >= 0.3 is 10.4 Å². The smallest absolute Gasteiger partial charge is 0.394 e. The number of aliphatic hydroxyl groups is 5. The molecular formula is C50H97NO12S. The second-order valence-corrected chi connectivity index (χ2v) is 19.7. The molecule has 0 aromatic heterocycles. The van der Waals surface area contributed by atoms with Gasteiger partial charge in [-0.1, -0.05) is 231 Å². The van der Waals surface area contributed by atoms with Gasteiger partial charge in [0.1, 0.15) is 30.5 Å². The van der Waals surface area contributed by atoms with Crippen LogP contribution < -0.4 is 5.32 Å². The fourth-order valence-corrected chi connectivity index (χ4v) is 9.03. The largest absolute Gasteiger partial charge is 0.397 e. The van der Waals surface area contributed by atoms with E-state index in [0.717, 1.165) is 38.5 Å². The molecule has 0 aromatic rings. The Labute approximate surface area is 390 Å². The molecule has 0 radical (unpaired) electrons. The van der Waals surface area contributed by atoms with Gasteiger partial charge in [-0.15, -0.1) is 0 Å². The van der Waals surface area contributed by atoms with E-state index in [2.05, 4.69) is 23.3 Å².